The zero-order valence-electron chi connectivity index (χ0n) is 15.2. The summed E-state index contributed by atoms with van der Waals surface area (Å²) in [5.41, 5.74) is 3.21. The van der Waals surface area contributed by atoms with Crippen molar-refractivity contribution in [3.05, 3.63) is 28.8 Å². The van der Waals surface area contributed by atoms with Gasteiger partial charge in [-0.15, -0.1) is 0 Å². The van der Waals surface area contributed by atoms with Crippen LogP contribution in [-0.4, -0.2) is 32.7 Å². The molecule has 1 aromatic carbocycles. The van der Waals surface area contributed by atoms with E-state index in [-0.39, 0.29) is 11.1 Å². The first-order valence-corrected chi connectivity index (χ1v) is 8.04. The largest absolute Gasteiger partial charge is 0.496 e. The minimum Gasteiger partial charge on any atom is -0.496 e. The van der Waals surface area contributed by atoms with E-state index in [9.17, 15) is 10.1 Å². The van der Waals surface area contributed by atoms with Crippen molar-refractivity contribution in [2.75, 3.05) is 26.1 Å². The van der Waals surface area contributed by atoms with Crippen molar-refractivity contribution in [3.63, 3.8) is 0 Å². The molecule has 5 nitrogen and oxygen atoms in total. The lowest BCUT2D eigenvalue weighted by Gasteiger charge is -2.45. The van der Waals surface area contributed by atoms with Gasteiger partial charge in [-0.25, -0.2) is 0 Å². The van der Waals surface area contributed by atoms with Crippen molar-refractivity contribution >= 4 is 17.7 Å². The summed E-state index contributed by atoms with van der Waals surface area (Å²) < 4.78 is 5.51. The molecule has 1 aliphatic heterocycles. The second-order valence-corrected chi connectivity index (χ2v) is 6.88. The molecule has 0 saturated carbocycles. The van der Waals surface area contributed by atoms with Gasteiger partial charge in [-0.1, -0.05) is 6.92 Å². The molecule has 1 N–H and O–H groups in total. The first-order chi connectivity index (χ1) is 11.2. The number of ether oxygens (including phenoxy) is 1. The van der Waals surface area contributed by atoms with Crippen molar-refractivity contribution in [1.29, 1.82) is 5.26 Å². The molecule has 1 aliphatic rings. The Morgan fingerprint density at radius 3 is 2.71 bits per heavy atom. The summed E-state index contributed by atoms with van der Waals surface area (Å²) in [5.74, 6) is 0.639. The van der Waals surface area contributed by atoms with Crippen molar-refractivity contribution in [1.82, 2.24) is 5.32 Å². The lowest BCUT2D eigenvalue weighted by atomic mass is 9.80. The van der Waals surface area contributed by atoms with Crippen LogP contribution in [0.5, 0.6) is 5.75 Å². The summed E-state index contributed by atoms with van der Waals surface area (Å²) in [7, 11) is 5.20. The number of nitrogens with zero attached hydrogens (tertiary/aromatic N) is 2. The van der Waals surface area contributed by atoms with Crippen LogP contribution in [0, 0.1) is 11.3 Å². The third-order valence-corrected chi connectivity index (χ3v) is 4.88. The molecule has 5 heteroatoms. The fraction of sp³-hybridized carbons (Fsp3) is 0.474. The number of hydrogen-bond donors (Lipinski definition) is 1. The van der Waals surface area contributed by atoms with Gasteiger partial charge < -0.3 is 15.0 Å². The van der Waals surface area contributed by atoms with Crippen molar-refractivity contribution in [2.24, 2.45) is 0 Å². The Morgan fingerprint density at radius 2 is 2.17 bits per heavy atom. The highest BCUT2D eigenvalue weighted by Crippen LogP contribution is 2.45. The average Bonchev–Trinajstić information content (AvgIpc) is 2.56. The molecule has 0 aliphatic carbocycles. The van der Waals surface area contributed by atoms with Crippen molar-refractivity contribution in [2.45, 2.75) is 38.6 Å². The van der Waals surface area contributed by atoms with Gasteiger partial charge in [0.05, 0.1) is 7.11 Å². The summed E-state index contributed by atoms with van der Waals surface area (Å²) in [6, 6.07) is 5.98. The van der Waals surface area contributed by atoms with Crippen LogP contribution in [0.1, 0.15) is 44.2 Å². The first kappa shape index (κ1) is 17.9. The highest BCUT2D eigenvalue weighted by Gasteiger charge is 2.34. The molecule has 0 bridgehead atoms. The van der Waals surface area contributed by atoms with Crippen LogP contribution >= 0.6 is 0 Å². The van der Waals surface area contributed by atoms with E-state index in [1.165, 1.54) is 12.6 Å². The quantitative estimate of drug-likeness (QED) is 0.684. The Bertz CT molecular complexity index is 729. The molecule has 1 aromatic rings. The molecule has 2 rings (SSSR count). The van der Waals surface area contributed by atoms with Gasteiger partial charge in [-0.3, -0.25) is 4.79 Å². The van der Waals surface area contributed by atoms with Gasteiger partial charge in [0, 0.05) is 37.0 Å². The Hall–Kier alpha value is -2.48. The van der Waals surface area contributed by atoms with E-state index in [1.54, 1.807) is 13.2 Å². The van der Waals surface area contributed by atoms with E-state index in [1.807, 2.05) is 18.2 Å². The molecule has 1 amide bonds. The molecule has 1 heterocycles. The Labute approximate surface area is 143 Å². The van der Waals surface area contributed by atoms with Crippen LogP contribution in [0.2, 0.25) is 0 Å². The maximum atomic E-state index is 11.8. The number of carbonyl (C=O) groups is 1. The molecule has 128 valence electrons. The lowest BCUT2D eigenvalue weighted by Crippen LogP contribution is -2.45. The van der Waals surface area contributed by atoms with Gasteiger partial charge in [0.2, 0.25) is 0 Å². The number of likely N-dealkylation sites (N-methyl/N-ethyl adjacent to an activating group) is 1. The molecule has 0 aromatic heterocycles. The van der Waals surface area contributed by atoms with Crippen LogP contribution in [-0.2, 0) is 4.79 Å². The Kier molecular flexibility index (Phi) is 4.88. The number of hydrogen-bond acceptors (Lipinski definition) is 4. The summed E-state index contributed by atoms with van der Waals surface area (Å²) in [4.78, 5) is 14.1. The minimum atomic E-state index is -0.399. The maximum Gasteiger partial charge on any atom is 0.261 e. The molecule has 1 atom stereocenters. The molecule has 24 heavy (non-hydrogen) atoms. The van der Waals surface area contributed by atoms with E-state index in [2.05, 4.69) is 38.0 Å². The molecule has 1 unspecified atom stereocenters. The van der Waals surface area contributed by atoms with E-state index in [0.717, 1.165) is 17.7 Å². The number of carbonyl (C=O) groups excluding carboxylic acids is 1. The Morgan fingerprint density at radius 1 is 1.50 bits per heavy atom. The zero-order valence-corrected chi connectivity index (χ0v) is 15.2. The van der Waals surface area contributed by atoms with Gasteiger partial charge in [-0.2, -0.15) is 5.26 Å². The summed E-state index contributed by atoms with van der Waals surface area (Å²) in [6.07, 6.45) is 2.62. The average molecular weight is 327 g/mol. The Balaban J connectivity index is 2.62. The zero-order chi connectivity index (χ0) is 18.1. The summed E-state index contributed by atoms with van der Waals surface area (Å²) in [6.45, 7) is 6.66. The maximum absolute atomic E-state index is 11.8. The van der Waals surface area contributed by atoms with Gasteiger partial charge in [0.25, 0.3) is 5.91 Å². The number of anilines is 1. The summed E-state index contributed by atoms with van der Waals surface area (Å²) in [5, 5.41) is 11.7. The predicted molar refractivity (Wildman–Crippen MR) is 96.2 cm³/mol. The normalized spacial score (nSPS) is 19.3. The number of fused-ring (bicyclic) bond motifs is 1. The van der Waals surface area contributed by atoms with Gasteiger partial charge in [0.15, 0.2) is 0 Å². The van der Waals surface area contributed by atoms with Crippen LogP contribution < -0.4 is 15.0 Å². The highest BCUT2D eigenvalue weighted by atomic mass is 16.5. The smallest absolute Gasteiger partial charge is 0.261 e. The van der Waals surface area contributed by atoms with Crippen LogP contribution in [0.15, 0.2) is 17.7 Å². The van der Waals surface area contributed by atoms with Crippen LogP contribution in [0.4, 0.5) is 5.69 Å². The predicted octanol–water partition coefficient (Wildman–Crippen LogP) is 3.07. The van der Waals surface area contributed by atoms with E-state index in [0.29, 0.717) is 11.7 Å². The second-order valence-electron chi connectivity index (χ2n) is 6.88. The van der Waals surface area contributed by atoms with Crippen molar-refractivity contribution < 1.29 is 9.53 Å². The molecular formula is C19H25N3O2. The third-order valence-electron chi connectivity index (χ3n) is 4.88. The second kappa shape index (κ2) is 6.56. The number of amides is 1. The third kappa shape index (κ3) is 3.09. The standard InChI is InChI=1S/C19H25N3O2/c1-12-10-19(2,3)22(5)16-9-17(24-6)13(8-15(12)16)7-14(11-20)18(23)21-4/h7-9,12H,10H2,1-6H3,(H,21,23)/b14-7+. The SMILES string of the molecule is CNC(=O)/C(C#N)=C/c1cc2c(cc1OC)N(C)C(C)(C)CC2C. The van der Waals surface area contributed by atoms with Crippen molar-refractivity contribution in [3.8, 4) is 11.8 Å². The fourth-order valence-corrected chi connectivity index (χ4v) is 3.34. The topological polar surface area (TPSA) is 65.4 Å². The van der Waals surface area contributed by atoms with E-state index >= 15 is 0 Å². The van der Waals surface area contributed by atoms with Crippen LogP contribution in [0.25, 0.3) is 6.08 Å². The van der Waals surface area contributed by atoms with Crippen LogP contribution in [0.3, 0.4) is 0 Å². The highest BCUT2D eigenvalue weighted by molar-refractivity contribution is 6.01. The number of benzene rings is 1. The van der Waals surface area contributed by atoms with E-state index < -0.39 is 5.91 Å². The number of methoxy groups -OCH3 is 1. The first-order valence-electron chi connectivity index (χ1n) is 8.04. The number of rotatable bonds is 3. The monoisotopic (exact) mass is 327 g/mol. The van der Waals surface area contributed by atoms with E-state index in [4.69, 9.17) is 4.74 Å². The summed E-state index contributed by atoms with van der Waals surface area (Å²) >= 11 is 0. The van der Waals surface area contributed by atoms with Gasteiger partial charge in [-0.05, 0) is 43.9 Å². The molecule has 0 saturated heterocycles. The molecule has 0 fully saturated rings. The number of nitriles is 1. The fourth-order valence-electron chi connectivity index (χ4n) is 3.34. The lowest BCUT2D eigenvalue weighted by molar-refractivity contribution is -0.116. The molecular weight excluding hydrogens is 302 g/mol. The molecule has 0 radical (unpaired) electrons. The number of nitrogens with one attached hydrogen (secondary N) is 1. The van der Waals surface area contributed by atoms with Gasteiger partial charge >= 0.3 is 0 Å². The molecule has 0 spiro atoms. The minimum absolute atomic E-state index is 0.0629. The van der Waals surface area contributed by atoms with Gasteiger partial charge in [0.1, 0.15) is 17.4 Å².